The van der Waals surface area contributed by atoms with Crippen LogP contribution in [-0.4, -0.2) is 5.97 Å². The van der Waals surface area contributed by atoms with Gasteiger partial charge in [0.25, 0.3) is 0 Å². The first-order valence-corrected chi connectivity index (χ1v) is 13.7. The van der Waals surface area contributed by atoms with Crippen LogP contribution in [0.3, 0.4) is 0 Å². The minimum Gasteiger partial charge on any atom is -0.445 e. The molecule has 0 fully saturated rings. The van der Waals surface area contributed by atoms with Gasteiger partial charge in [0.1, 0.15) is 11.5 Å². The highest BCUT2D eigenvalue weighted by molar-refractivity contribution is 8.03. The number of carbonyl (C=O) groups is 1. The van der Waals surface area contributed by atoms with Crippen molar-refractivity contribution in [3.8, 4) is 11.5 Å². The number of hydrogen-bond acceptors (Lipinski definition) is 5. The molecule has 0 bridgehead atoms. The van der Waals surface area contributed by atoms with Gasteiger partial charge in [-0.25, -0.2) is 4.79 Å². The zero-order valence-corrected chi connectivity index (χ0v) is 21.5. The molecule has 0 aliphatic carbocycles. The van der Waals surface area contributed by atoms with Crippen LogP contribution in [0, 0.1) is 0 Å². The molecule has 4 aromatic rings. The summed E-state index contributed by atoms with van der Waals surface area (Å²) in [6.07, 6.45) is 0.571. The second-order valence-electron chi connectivity index (χ2n) is 8.09. The van der Waals surface area contributed by atoms with Crippen molar-refractivity contribution in [3.63, 3.8) is 0 Å². The maximum absolute atomic E-state index is 13.7. The summed E-state index contributed by atoms with van der Waals surface area (Å²) in [4.78, 5) is 15.5. The third-order valence-corrected chi connectivity index (χ3v) is 8.71. The summed E-state index contributed by atoms with van der Waals surface area (Å²) < 4.78 is 19.0. The van der Waals surface area contributed by atoms with Crippen molar-refractivity contribution in [2.24, 2.45) is 0 Å². The second kappa shape index (κ2) is 11.0. The fourth-order valence-corrected chi connectivity index (χ4v) is 6.96. The molecule has 4 aromatic carbocycles. The van der Waals surface area contributed by atoms with Gasteiger partial charge in [-0.05, 0) is 42.8 Å². The fraction of sp³-hybridized carbons (Fsp3) is 0.100. The number of hydrogen-bond donors (Lipinski definition) is 0. The molecule has 0 saturated heterocycles. The molecule has 0 aromatic heterocycles. The molecular formula is C30H25O4PS. The lowest BCUT2D eigenvalue weighted by Gasteiger charge is -2.30. The van der Waals surface area contributed by atoms with Crippen molar-refractivity contribution < 1.29 is 18.6 Å². The van der Waals surface area contributed by atoms with E-state index in [2.05, 4.69) is 0 Å². The third kappa shape index (κ3) is 5.04. The second-order valence-corrected chi connectivity index (χ2v) is 10.5. The minimum atomic E-state index is -1.86. The van der Waals surface area contributed by atoms with Gasteiger partial charge in [-0.15, -0.1) is 0 Å². The van der Waals surface area contributed by atoms with Crippen LogP contribution < -0.4 is 9.05 Å². The largest absolute Gasteiger partial charge is 0.445 e. The van der Waals surface area contributed by atoms with Crippen LogP contribution in [0.1, 0.15) is 18.9 Å². The maximum Gasteiger partial charge on any atom is 0.347 e. The predicted octanol–water partition coefficient (Wildman–Crippen LogP) is 8.32. The van der Waals surface area contributed by atoms with Gasteiger partial charge in [-0.2, -0.15) is 0 Å². The van der Waals surface area contributed by atoms with Crippen molar-refractivity contribution in [2.45, 2.75) is 23.8 Å². The van der Waals surface area contributed by atoms with Crippen molar-refractivity contribution >= 4 is 26.1 Å². The van der Waals surface area contributed by atoms with E-state index in [0.29, 0.717) is 23.2 Å². The summed E-state index contributed by atoms with van der Waals surface area (Å²) in [5, 5.41) is 0.428. The number of esters is 1. The number of cyclic esters (lactones) is 1. The van der Waals surface area contributed by atoms with Crippen LogP contribution >= 0.6 is 20.1 Å². The quantitative estimate of drug-likeness (QED) is 0.167. The first-order chi connectivity index (χ1) is 17.7. The number of ether oxygens (including phenoxy) is 1. The average molecular weight is 513 g/mol. The summed E-state index contributed by atoms with van der Waals surface area (Å²) >= 11 is 1.53. The number of rotatable bonds is 9. The van der Waals surface area contributed by atoms with Crippen LogP contribution in [0.5, 0.6) is 11.5 Å². The summed E-state index contributed by atoms with van der Waals surface area (Å²) in [5.41, 5.74) is -0.0156. The molecule has 1 atom stereocenters. The lowest BCUT2D eigenvalue weighted by atomic mass is 9.91. The SMILES string of the molecule is CCC1(c2ccccc2)OC(=O)C(P(Oc2ccccc2)Oc2ccccc2)=C1Sc1ccccc1. The van der Waals surface area contributed by atoms with Crippen LogP contribution in [0.4, 0.5) is 0 Å². The standard InChI is InChI=1S/C30H25O4PS/c1-2-30(23-15-7-3-8-16-23)28(36-26-21-13-6-14-22-26)27(29(31)32-30)35(33-24-17-9-4-10-18-24)34-25-19-11-5-12-20-25/h3-22H,2H2,1H3. The van der Waals surface area contributed by atoms with Crippen LogP contribution in [0.15, 0.2) is 136 Å². The molecule has 1 unspecified atom stereocenters. The van der Waals surface area contributed by atoms with Gasteiger partial charge >= 0.3 is 14.3 Å². The molecule has 36 heavy (non-hydrogen) atoms. The zero-order valence-electron chi connectivity index (χ0n) is 19.7. The van der Waals surface area contributed by atoms with Crippen molar-refractivity contribution in [1.82, 2.24) is 0 Å². The van der Waals surface area contributed by atoms with E-state index in [1.165, 1.54) is 11.8 Å². The highest BCUT2D eigenvalue weighted by Crippen LogP contribution is 2.60. The Balaban J connectivity index is 1.68. The van der Waals surface area contributed by atoms with E-state index in [-0.39, 0.29) is 0 Å². The molecule has 5 rings (SSSR count). The highest BCUT2D eigenvalue weighted by atomic mass is 32.2. The van der Waals surface area contributed by atoms with Gasteiger partial charge in [0.2, 0.25) is 0 Å². The molecule has 1 aliphatic rings. The Labute approximate surface area is 216 Å². The Morgan fingerprint density at radius 3 is 1.69 bits per heavy atom. The Morgan fingerprint density at radius 1 is 0.722 bits per heavy atom. The Kier molecular flexibility index (Phi) is 7.41. The number of carbonyl (C=O) groups excluding carboxylic acids is 1. The summed E-state index contributed by atoms with van der Waals surface area (Å²) in [5.74, 6) is 0.826. The van der Waals surface area contributed by atoms with Gasteiger partial charge in [0.05, 0.1) is 4.91 Å². The summed E-state index contributed by atoms with van der Waals surface area (Å²) in [7, 11) is -1.86. The molecule has 0 saturated carbocycles. The Bertz CT molecular complexity index is 1290. The molecule has 4 nitrogen and oxygen atoms in total. The number of benzene rings is 4. The molecule has 1 heterocycles. The lowest BCUT2D eigenvalue weighted by molar-refractivity contribution is -0.147. The van der Waals surface area contributed by atoms with E-state index in [4.69, 9.17) is 13.8 Å². The Morgan fingerprint density at radius 2 is 1.19 bits per heavy atom. The number of thioether (sulfide) groups is 1. The lowest BCUT2D eigenvalue weighted by Crippen LogP contribution is -2.27. The highest BCUT2D eigenvalue weighted by Gasteiger charge is 2.52. The fourth-order valence-electron chi connectivity index (χ4n) is 4.03. The van der Waals surface area contributed by atoms with Gasteiger partial charge in [-0.1, -0.05) is 104 Å². The van der Waals surface area contributed by atoms with Gasteiger partial charge in [0.15, 0.2) is 10.9 Å². The van der Waals surface area contributed by atoms with Crippen molar-refractivity contribution in [2.75, 3.05) is 0 Å². The third-order valence-electron chi connectivity index (χ3n) is 5.79. The molecule has 6 heteroatoms. The summed E-state index contributed by atoms with van der Waals surface area (Å²) in [6.45, 7) is 2.03. The summed E-state index contributed by atoms with van der Waals surface area (Å²) in [6, 6.07) is 38.8. The van der Waals surface area contributed by atoms with Crippen molar-refractivity contribution in [3.05, 3.63) is 137 Å². The average Bonchev–Trinajstić information content (AvgIpc) is 3.22. The van der Waals surface area contributed by atoms with Crippen molar-refractivity contribution in [1.29, 1.82) is 0 Å². The molecule has 0 radical (unpaired) electrons. The number of para-hydroxylation sites is 2. The molecule has 1 aliphatic heterocycles. The molecule has 180 valence electrons. The minimum absolute atomic E-state index is 0.419. The normalized spacial score (nSPS) is 17.2. The van der Waals surface area contributed by atoms with E-state index in [1.54, 1.807) is 0 Å². The van der Waals surface area contributed by atoms with Gasteiger partial charge in [0, 0.05) is 10.5 Å². The van der Waals surface area contributed by atoms with Gasteiger partial charge in [-0.3, -0.25) is 0 Å². The van der Waals surface area contributed by atoms with Gasteiger partial charge < -0.3 is 13.8 Å². The molecule has 0 N–H and O–H groups in total. The van der Waals surface area contributed by atoms with E-state index < -0.39 is 19.9 Å². The van der Waals surface area contributed by atoms with E-state index >= 15 is 0 Å². The van der Waals surface area contributed by atoms with E-state index in [0.717, 1.165) is 15.4 Å². The van der Waals surface area contributed by atoms with Crippen LogP contribution in [0.2, 0.25) is 0 Å². The Hall–Kier alpha value is -3.53. The predicted molar refractivity (Wildman–Crippen MR) is 145 cm³/mol. The maximum atomic E-state index is 13.7. The van der Waals surface area contributed by atoms with Crippen LogP contribution in [0.25, 0.3) is 0 Å². The molecule has 0 spiro atoms. The zero-order chi connectivity index (χ0) is 24.8. The monoisotopic (exact) mass is 512 g/mol. The first-order valence-electron chi connectivity index (χ1n) is 11.7. The molecular weight excluding hydrogens is 487 g/mol. The first kappa shape index (κ1) is 24.2. The van der Waals surface area contributed by atoms with Crippen LogP contribution in [-0.2, 0) is 15.1 Å². The smallest absolute Gasteiger partial charge is 0.347 e. The van der Waals surface area contributed by atoms with E-state index in [1.807, 2.05) is 128 Å². The van der Waals surface area contributed by atoms with E-state index in [9.17, 15) is 4.79 Å². The topological polar surface area (TPSA) is 44.8 Å². The molecule has 0 amide bonds.